The van der Waals surface area contributed by atoms with E-state index in [-0.39, 0.29) is 45.3 Å². The lowest BCUT2D eigenvalue weighted by molar-refractivity contribution is -0.121. The summed E-state index contributed by atoms with van der Waals surface area (Å²) in [6.45, 7) is 0. The number of hydrogen-bond donors (Lipinski definition) is 3. The molecule has 0 aliphatic carbocycles. The van der Waals surface area contributed by atoms with Crippen LogP contribution in [0.25, 0.3) is 6.08 Å². The van der Waals surface area contributed by atoms with Gasteiger partial charge in [-0.25, -0.2) is 9.79 Å². The van der Waals surface area contributed by atoms with Crippen molar-refractivity contribution < 1.29 is 34.4 Å². The average molecular weight is 430 g/mol. The minimum atomic E-state index is -1.25. The highest BCUT2D eigenvalue weighted by molar-refractivity contribution is 8.18. The van der Waals surface area contributed by atoms with Crippen LogP contribution in [-0.4, -0.2) is 58.5 Å². The number of amides is 1. The van der Waals surface area contributed by atoms with Crippen LogP contribution >= 0.6 is 11.8 Å². The number of benzene rings is 2. The average Bonchev–Trinajstić information content (AvgIpc) is 2.98. The molecule has 1 saturated heterocycles. The van der Waals surface area contributed by atoms with E-state index in [1.54, 1.807) is 18.2 Å². The van der Waals surface area contributed by atoms with Gasteiger partial charge < -0.3 is 24.8 Å². The Hall–Kier alpha value is -3.66. The summed E-state index contributed by atoms with van der Waals surface area (Å²) in [5.41, 5.74) is 0.480. The molecule has 9 nitrogen and oxygen atoms in total. The molecule has 0 spiro atoms. The van der Waals surface area contributed by atoms with Crippen molar-refractivity contribution >= 4 is 40.6 Å². The number of amidine groups is 1. The smallest absolute Gasteiger partial charge is 0.338 e. The van der Waals surface area contributed by atoms with Crippen LogP contribution in [0.15, 0.2) is 40.2 Å². The number of carboxylic acids is 1. The molecule has 0 radical (unpaired) electrons. The number of carbonyl (C=O) groups excluding carboxylic acids is 1. The number of nitrogens with zero attached hydrogens (tertiary/aromatic N) is 2. The van der Waals surface area contributed by atoms with Gasteiger partial charge in [-0.05, 0) is 53.7 Å². The number of carboxylic acid groups (broad SMARTS) is 1. The van der Waals surface area contributed by atoms with E-state index in [1.165, 1.54) is 38.3 Å². The molecule has 1 amide bonds. The van der Waals surface area contributed by atoms with Gasteiger partial charge in [0.15, 0.2) is 16.7 Å². The number of methoxy groups -OCH3 is 2. The van der Waals surface area contributed by atoms with Crippen LogP contribution in [0.5, 0.6) is 23.0 Å². The van der Waals surface area contributed by atoms with Crippen molar-refractivity contribution in [3.63, 3.8) is 0 Å². The normalized spacial score (nSPS) is 16.4. The van der Waals surface area contributed by atoms with Crippen LogP contribution < -0.4 is 9.47 Å². The van der Waals surface area contributed by atoms with Crippen LogP contribution in [0.3, 0.4) is 0 Å². The van der Waals surface area contributed by atoms with Crippen molar-refractivity contribution in [3.8, 4) is 23.0 Å². The standard InChI is InChI=1S/C20H18N2O7S/c1-22-18(25)16(8-10-6-14(28-2)17(24)15(7-10)29-3)30-20(22)21-13-5-4-11(23)9-12(13)19(26)27/h4-9,23-24H,1-3H3,(H,26,27)/b16-8-,21-20?. The third-order valence-corrected chi connectivity index (χ3v) is 5.29. The zero-order chi connectivity index (χ0) is 22.0. The predicted molar refractivity (Wildman–Crippen MR) is 112 cm³/mol. The Morgan fingerprint density at radius 3 is 2.33 bits per heavy atom. The van der Waals surface area contributed by atoms with Crippen LogP contribution in [0.4, 0.5) is 5.69 Å². The maximum atomic E-state index is 12.6. The molecule has 0 unspecified atom stereocenters. The van der Waals surface area contributed by atoms with Crippen molar-refractivity contribution in [1.29, 1.82) is 0 Å². The summed E-state index contributed by atoms with van der Waals surface area (Å²) in [7, 11) is 4.32. The molecule has 30 heavy (non-hydrogen) atoms. The van der Waals surface area contributed by atoms with E-state index in [0.717, 1.165) is 17.8 Å². The van der Waals surface area contributed by atoms with E-state index in [4.69, 9.17) is 9.47 Å². The summed E-state index contributed by atoms with van der Waals surface area (Å²) in [6, 6.07) is 6.88. The van der Waals surface area contributed by atoms with Crippen molar-refractivity contribution in [2.75, 3.05) is 21.3 Å². The molecule has 3 N–H and O–H groups in total. The van der Waals surface area contributed by atoms with Gasteiger partial charge in [0.25, 0.3) is 5.91 Å². The molecule has 1 aliphatic rings. The summed E-state index contributed by atoms with van der Waals surface area (Å²) in [4.78, 5) is 30.0. The third-order valence-electron chi connectivity index (χ3n) is 4.23. The molecule has 156 valence electrons. The fourth-order valence-electron chi connectivity index (χ4n) is 2.70. The molecule has 0 saturated carbocycles. The van der Waals surface area contributed by atoms with E-state index in [0.29, 0.717) is 10.5 Å². The second kappa shape index (κ2) is 8.37. The maximum Gasteiger partial charge on any atom is 0.338 e. The van der Waals surface area contributed by atoms with E-state index in [9.17, 15) is 24.9 Å². The van der Waals surface area contributed by atoms with Crippen molar-refractivity contribution in [2.45, 2.75) is 0 Å². The second-order valence-electron chi connectivity index (χ2n) is 6.15. The van der Waals surface area contributed by atoms with E-state index >= 15 is 0 Å². The van der Waals surface area contributed by atoms with Gasteiger partial charge in [-0.1, -0.05) is 0 Å². The predicted octanol–water partition coefficient (Wildman–Crippen LogP) is 3.05. The molecule has 0 bridgehead atoms. The monoisotopic (exact) mass is 430 g/mol. The molecule has 0 aromatic heterocycles. The quantitative estimate of drug-likeness (QED) is 0.618. The number of hydrogen-bond acceptors (Lipinski definition) is 8. The molecule has 1 fully saturated rings. The molecule has 3 rings (SSSR count). The SMILES string of the molecule is COc1cc(/C=C2\SC(=Nc3ccc(O)cc3C(=O)O)N(C)C2=O)cc(OC)c1O. The largest absolute Gasteiger partial charge is 0.508 e. The van der Waals surface area contributed by atoms with Gasteiger partial charge in [-0.2, -0.15) is 0 Å². The second-order valence-corrected chi connectivity index (χ2v) is 7.16. The Bertz CT molecular complexity index is 1070. The molecule has 0 atom stereocenters. The van der Waals surface area contributed by atoms with E-state index < -0.39 is 5.97 Å². The number of rotatable bonds is 5. The van der Waals surface area contributed by atoms with Gasteiger partial charge in [0.2, 0.25) is 5.75 Å². The first-order chi connectivity index (χ1) is 14.2. The van der Waals surface area contributed by atoms with Gasteiger partial charge in [-0.15, -0.1) is 0 Å². The zero-order valence-corrected chi connectivity index (χ0v) is 17.1. The Morgan fingerprint density at radius 1 is 1.13 bits per heavy atom. The van der Waals surface area contributed by atoms with Crippen LogP contribution in [0.1, 0.15) is 15.9 Å². The van der Waals surface area contributed by atoms with Crippen LogP contribution in [0, 0.1) is 0 Å². The number of aromatic carboxylic acids is 1. The van der Waals surface area contributed by atoms with Gasteiger partial charge in [-0.3, -0.25) is 9.69 Å². The summed E-state index contributed by atoms with van der Waals surface area (Å²) in [5, 5.41) is 29.2. The van der Waals surface area contributed by atoms with Gasteiger partial charge in [0, 0.05) is 7.05 Å². The minimum absolute atomic E-state index is 0.108. The lowest BCUT2D eigenvalue weighted by atomic mass is 10.1. The highest BCUT2D eigenvalue weighted by Gasteiger charge is 2.31. The first-order valence-electron chi connectivity index (χ1n) is 8.52. The third kappa shape index (κ3) is 4.03. The van der Waals surface area contributed by atoms with Gasteiger partial charge in [0.05, 0.1) is 30.4 Å². The molecule has 2 aromatic carbocycles. The number of ether oxygens (including phenoxy) is 2. The van der Waals surface area contributed by atoms with Crippen LogP contribution in [0.2, 0.25) is 0 Å². The lowest BCUT2D eigenvalue weighted by Gasteiger charge is -2.09. The highest BCUT2D eigenvalue weighted by Crippen LogP contribution is 2.40. The number of thioether (sulfide) groups is 1. The fourth-order valence-corrected chi connectivity index (χ4v) is 3.68. The minimum Gasteiger partial charge on any atom is -0.508 e. The topological polar surface area (TPSA) is 129 Å². The molecule has 1 heterocycles. The zero-order valence-electron chi connectivity index (χ0n) is 16.2. The van der Waals surface area contributed by atoms with Crippen molar-refractivity contribution in [3.05, 3.63) is 46.4 Å². The summed E-state index contributed by atoms with van der Waals surface area (Å²) in [5.74, 6) is -1.55. The molecular formula is C20H18N2O7S. The first kappa shape index (κ1) is 21.1. The molecular weight excluding hydrogens is 412 g/mol. The fraction of sp³-hybridized carbons (Fsp3) is 0.150. The first-order valence-corrected chi connectivity index (χ1v) is 9.34. The number of phenolic OH excluding ortho intramolecular Hbond substituents is 2. The van der Waals surface area contributed by atoms with Crippen LogP contribution in [-0.2, 0) is 4.79 Å². The Balaban J connectivity index is 2.00. The lowest BCUT2D eigenvalue weighted by Crippen LogP contribution is -2.23. The number of likely N-dealkylation sites (N-methyl/N-ethyl adjacent to an activating group) is 1. The Labute approximate surface area is 175 Å². The molecule has 1 aliphatic heterocycles. The highest BCUT2D eigenvalue weighted by atomic mass is 32.2. The van der Waals surface area contributed by atoms with Gasteiger partial charge in [0.1, 0.15) is 5.75 Å². The van der Waals surface area contributed by atoms with E-state index in [2.05, 4.69) is 4.99 Å². The number of phenols is 2. The number of aromatic hydroxyl groups is 2. The summed E-state index contributed by atoms with van der Waals surface area (Å²) >= 11 is 1.06. The Kier molecular flexibility index (Phi) is 5.88. The summed E-state index contributed by atoms with van der Waals surface area (Å²) in [6.07, 6.45) is 1.59. The summed E-state index contributed by atoms with van der Waals surface area (Å²) < 4.78 is 10.2. The van der Waals surface area contributed by atoms with Crippen molar-refractivity contribution in [2.24, 2.45) is 4.99 Å². The van der Waals surface area contributed by atoms with Gasteiger partial charge >= 0.3 is 5.97 Å². The maximum absolute atomic E-state index is 12.6. The molecule has 10 heteroatoms. The van der Waals surface area contributed by atoms with E-state index in [1.807, 2.05) is 0 Å². The van der Waals surface area contributed by atoms with Crippen molar-refractivity contribution in [1.82, 2.24) is 4.90 Å². The molecule has 2 aromatic rings. The number of carbonyl (C=O) groups is 2. The Morgan fingerprint density at radius 2 is 1.77 bits per heavy atom. The number of aliphatic imine (C=N–C) groups is 1.